The van der Waals surface area contributed by atoms with E-state index in [1.807, 2.05) is 17.8 Å². The van der Waals surface area contributed by atoms with Crippen molar-refractivity contribution in [2.45, 2.75) is 62.6 Å². The van der Waals surface area contributed by atoms with Crippen LogP contribution in [-0.4, -0.2) is 11.8 Å². The molecule has 20 heavy (non-hydrogen) atoms. The second-order valence-corrected chi connectivity index (χ2v) is 7.50. The van der Waals surface area contributed by atoms with Gasteiger partial charge < -0.3 is 5.32 Å². The minimum atomic E-state index is -0.126. The van der Waals surface area contributed by atoms with E-state index < -0.39 is 0 Å². The molecule has 0 aromatic heterocycles. The molecule has 0 aliphatic heterocycles. The fourth-order valence-corrected chi connectivity index (χ4v) is 4.02. The van der Waals surface area contributed by atoms with E-state index in [0.29, 0.717) is 5.92 Å². The van der Waals surface area contributed by atoms with Crippen LogP contribution in [-0.2, 0) is 6.54 Å². The van der Waals surface area contributed by atoms with Gasteiger partial charge in [-0.1, -0.05) is 33.1 Å². The van der Waals surface area contributed by atoms with Gasteiger partial charge in [0.25, 0.3) is 0 Å². The van der Waals surface area contributed by atoms with Crippen molar-refractivity contribution in [3.8, 4) is 0 Å². The van der Waals surface area contributed by atoms with Crippen molar-refractivity contribution >= 4 is 11.8 Å². The smallest absolute Gasteiger partial charge is 0.123 e. The Morgan fingerprint density at radius 3 is 2.70 bits per heavy atom. The molecule has 0 saturated heterocycles. The Bertz CT molecular complexity index is 413. The molecule has 3 heteroatoms. The highest BCUT2D eigenvalue weighted by molar-refractivity contribution is 8.00. The van der Waals surface area contributed by atoms with E-state index in [-0.39, 0.29) is 5.82 Å². The fourth-order valence-electron chi connectivity index (χ4n) is 2.66. The summed E-state index contributed by atoms with van der Waals surface area (Å²) >= 11 is 1.95. The van der Waals surface area contributed by atoms with Crippen molar-refractivity contribution in [3.05, 3.63) is 29.6 Å². The number of nitrogens with one attached hydrogen (secondary N) is 1. The summed E-state index contributed by atoms with van der Waals surface area (Å²) in [5.74, 6) is 0.498. The monoisotopic (exact) mass is 295 g/mol. The second kappa shape index (κ2) is 8.04. The lowest BCUT2D eigenvalue weighted by atomic mass is 10.0. The first-order chi connectivity index (χ1) is 9.65. The van der Waals surface area contributed by atoms with E-state index in [1.165, 1.54) is 37.0 Å². The number of rotatable bonds is 6. The predicted molar refractivity (Wildman–Crippen MR) is 85.7 cm³/mol. The molecule has 1 aromatic carbocycles. The average molecular weight is 295 g/mol. The lowest BCUT2D eigenvalue weighted by Crippen LogP contribution is -2.19. The maximum Gasteiger partial charge on any atom is 0.123 e. The summed E-state index contributed by atoms with van der Waals surface area (Å²) in [4.78, 5) is 1.26. The average Bonchev–Trinajstić information content (AvgIpc) is 2.42. The molecule has 1 nitrogen and oxygen atoms in total. The Kier molecular flexibility index (Phi) is 6.37. The SMILES string of the molecule is CC(C)CNCc1cc(F)ccc1SC1CCCCC1. The molecule has 0 amide bonds. The third-order valence-electron chi connectivity index (χ3n) is 3.74. The Morgan fingerprint density at radius 2 is 2.00 bits per heavy atom. The van der Waals surface area contributed by atoms with E-state index in [9.17, 15) is 4.39 Å². The fraction of sp³-hybridized carbons (Fsp3) is 0.647. The Labute approximate surface area is 126 Å². The van der Waals surface area contributed by atoms with Gasteiger partial charge in [0.1, 0.15) is 5.82 Å². The zero-order valence-corrected chi connectivity index (χ0v) is 13.4. The van der Waals surface area contributed by atoms with Crippen LogP contribution >= 0.6 is 11.8 Å². The third-order valence-corrected chi connectivity index (χ3v) is 5.19. The summed E-state index contributed by atoms with van der Waals surface area (Å²) in [6.07, 6.45) is 6.69. The summed E-state index contributed by atoms with van der Waals surface area (Å²) in [6, 6.07) is 5.25. The number of halogens is 1. The van der Waals surface area contributed by atoms with E-state index in [1.54, 1.807) is 12.1 Å². The van der Waals surface area contributed by atoms with Crippen molar-refractivity contribution in [2.75, 3.05) is 6.54 Å². The molecule has 1 aliphatic rings. The minimum absolute atomic E-state index is 0.126. The molecule has 1 fully saturated rings. The van der Waals surface area contributed by atoms with Gasteiger partial charge in [0.2, 0.25) is 0 Å². The predicted octanol–water partition coefficient (Wildman–Crippen LogP) is 5.00. The van der Waals surface area contributed by atoms with Crippen LogP contribution in [0.25, 0.3) is 0 Å². The molecule has 1 saturated carbocycles. The lowest BCUT2D eigenvalue weighted by Gasteiger charge is -2.22. The highest BCUT2D eigenvalue weighted by atomic mass is 32.2. The molecule has 0 atom stereocenters. The summed E-state index contributed by atoms with van der Waals surface area (Å²) in [7, 11) is 0. The maximum atomic E-state index is 13.5. The van der Waals surface area contributed by atoms with Gasteiger partial charge in [0.05, 0.1) is 0 Å². The lowest BCUT2D eigenvalue weighted by molar-refractivity contribution is 0.515. The van der Waals surface area contributed by atoms with Crippen molar-refractivity contribution in [1.29, 1.82) is 0 Å². The van der Waals surface area contributed by atoms with Crippen LogP contribution in [0.4, 0.5) is 4.39 Å². The van der Waals surface area contributed by atoms with Gasteiger partial charge in [-0.3, -0.25) is 0 Å². The van der Waals surface area contributed by atoms with E-state index >= 15 is 0 Å². The summed E-state index contributed by atoms with van der Waals surface area (Å²) in [5.41, 5.74) is 1.11. The number of thioether (sulfide) groups is 1. The van der Waals surface area contributed by atoms with Crippen LogP contribution in [0.2, 0.25) is 0 Å². The molecule has 1 aromatic rings. The second-order valence-electron chi connectivity index (χ2n) is 6.15. The molecule has 0 heterocycles. The van der Waals surface area contributed by atoms with Crippen LogP contribution in [0.5, 0.6) is 0 Å². The molecular weight excluding hydrogens is 269 g/mol. The largest absolute Gasteiger partial charge is 0.312 e. The van der Waals surface area contributed by atoms with Crippen LogP contribution in [0, 0.1) is 11.7 Å². The van der Waals surface area contributed by atoms with Gasteiger partial charge in [-0.2, -0.15) is 0 Å². The van der Waals surface area contributed by atoms with Crippen molar-refractivity contribution in [2.24, 2.45) is 5.92 Å². The first-order valence-electron chi connectivity index (χ1n) is 7.81. The van der Waals surface area contributed by atoms with Gasteiger partial charge >= 0.3 is 0 Å². The van der Waals surface area contributed by atoms with Crippen molar-refractivity contribution < 1.29 is 4.39 Å². The third kappa shape index (κ3) is 5.10. The van der Waals surface area contributed by atoms with Gasteiger partial charge in [0.15, 0.2) is 0 Å². The van der Waals surface area contributed by atoms with E-state index in [0.717, 1.165) is 23.9 Å². The number of hydrogen-bond donors (Lipinski definition) is 1. The normalized spacial score (nSPS) is 16.8. The summed E-state index contributed by atoms with van der Waals surface area (Å²) < 4.78 is 13.5. The molecule has 0 radical (unpaired) electrons. The van der Waals surface area contributed by atoms with E-state index in [4.69, 9.17) is 0 Å². The highest BCUT2D eigenvalue weighted by Gasteiger charge is 2.16. The molecule has 1 N–H and O–H groups in total. The summed E-state index contributed by atoms with van der Waals surface area (Å²) in [6.45, 7) is 6.13. The first kappa shape index (κ1) is 15.8. The molecule has 0 spiro atoms. The maximum absolute atomic E-state index is 13.5. The van der Waals surface area contributed by atoms with E-state index in [2.05, 4.69) is 19.2 Å². The zero-order chi connectivity index (χ0) is 14.4. The first-order valence-corrected chi connectivity index (χ1v) is 8.69. The molecule has 2 rings (SSSR count). The summed E-state index contributed by atoms with van der Waals surface area (Å²) in [5, 5.41) is 4.15. The quantitative estimate of drug-likeness (QED) is 0.793. The Hall–Kier alpha value is -0.540. The van der Waals surface area contributed by atoms with Gasteiger partial charge in [-0.05, 0) is 49.1 Å². The molecule has 0 bridgehead atoms. The Morgan fingerprint density at radius 1 is 1.25 bits per heavy atom. The Balaban J connectivity index is 1.98. The van der Waals surface area contributed by atoms with Crippen LogP contribution in [0.3, 0.4) is 0 Å². The number of benzene rings is 1. The minimum Gasteiger partial charge on any atom is -0.312 e. The van der Waals surface area contributed by atoms with Crippen LogP contribution in [0.1, 0.15) is 51.5 Å². The van der Waals surface area contributed by atoms with Gasteiger partial charge in [-0.15, -0.1) is 11.8 Å². The molecule has 0 unspecified atom stereocenters. The van der Waals surface area contributed by atoms with Crippen molar-refractivity contribution in [3.63, 3.8) is 0 Å². The van der Waals surface area contributed by atoms with Crippen LogP contribution in [0.15, 0.2) is 23.1 Å². The van der Waals surface area contributed by atoms with Crippen molar-refractivity contribution in [1.82, 2.24) is 5.32 Å². The molecule has 1 aliphatic carbocycles. The molecular formula is C17H26FNS. The standard InChI is InChI=1S/C17H26FNS/c1-13(2)11-19-12-14-10-15(18)8-9-17(14)20-16-6-4-3-5-7-16/h8-10,13,16,19H,3-7,11-12H2,1-2H3. The van der Waals surface area contributed by atoms with Crippen LogP contribution < -0.4 is 5.32 Å². The number of hydrogen-bond acceptors (Lipinski definition) is 2. The van der Waals surface area contributed by atoms with Gasteiger partial charge in [0, 0.05) is 16.7 Å². The highest BCUT2D eigenvalue weighted by Crippen LogP contribution is 2.35. The molecule has 112 valence electrons. The topological polar surface area (TPSA) is 12.0 Å². The van der Waals surface area contributed by atoms with Gasteiger partial charge in [-0.25, -0.2) is 4.39 Å². The zero-order valence-electron chi connectivity index (χ0n) is 12.6.